The molecule has 0 fully saturated rings. The van der Waals surface area contributed by atoms with Crippen LogP contribution in [-0.2, 0) is 0 Å². The molecule has 0 saturated carbocycles. The van der Waals surface area contributed by atoms with Crippen molar-refractivity contribution in [3.05, 3.63) is 0 Å². The lowest BCUT2D eigenvalue weighted by atomic mass is 9.96. The van der Waals surface area contributed by atoms with E-state index in [0.29, 0.717) is 5.41 Å². The summed E-state index contributed by atoms with van der Waals surface area (Å²) in [5, 5.41) is 0. The molecule has 0 N–H and O–H groups in total. The number of hydrogen-bond acceptors (Lipinski definition) is 1. The van der Waals surface area contributed by atoms with E-state index in [-0.39, 0.29) is 0 Å². The maximum absolute atomic E-state index is 2.44. The van der Waals surface area contributed by atoms with E-state index in [0.717, 1.165) is 4.55 Å². The van der Waals surface area contributed by atoms with Gasteiger partial charge < -0.3 is 0 Å². The molecule has 0 aromatic carbocycles. The third-order valence-corrected chi connectivity index (χ3v) is 2.28. The van der Waals surface area contributed by atoms with Crippen LogP contribution in [0.2, 0.25) is 0 Å². The highest BCUT2D eigenvalue weighted by atomic mass is 127. The summed E-state index contributed by atoms with van der Waals surface area (Å²) in [5.41, 5.74) is 0.446. The molecule has 0 aliphatic rings. The van der Waals surface area contributed by atoms with Gasteiger partial charge in [0, 0.05) is 6.54 Å². The Hall–Kier alpha value is 0.690. The van der Waals surface area contributed by atoms with Gasteiger partial charge in [-0.3, -0.25) is 4.90 Å². The molecule has 0 unspecified atom stereocenters. The molecule has 0 radical (unpaired) electrons. The van der Waals surface area contributed by atoms with E-state index in [4.69, 9.17) is 0 Å². The summed E-state index contributed by atoms with van der Waals surface area (Å²) in [4.78, 5) is 2.44. The van der Waals surface area contributed by atoms with E-state index in [1.54, 1.807) is 0 Å². The molecular formula is C8H18IN. The molecule has 0 aromatic heterocycles. The van der Waals surface area contributed by atoms with Crippen molar-refractivity contribution >= 4 is 22.6 Å². The summed E-state index contributed by atoms with van der Waals surface area (Å²) in [5.74, 6) is 0. The molecule has 0 aliphatic carbocycles. The fourth-order valence-electron chi connectivity index (χ4n) is 0.909. The molecule has 0 heterocycles. The van der Waals surface area contributed by atoms with Gasteiger partial charge in [0.1, 0.15) is 0 Å². The fourth-order valence-corrected chi connectivity index (χ4v) is 1.63. The number of nitrogens with zero attached hydrogens (tertiary/aromatic N) is 1. The van der Waals surface area contributed by atoms with E-state index in [2.05, 4.69) is 55.2 Å². The van der Waals surface area contributed by atoms with Gasteiger partial charge in [-0.15, -0.1) is 0 Å². The topological polar surface area (TPSA) is 3.24 Å². The second kappa shape index (κ2) is 4.54. The van der Waals surface area contributed by atoms with Crippen molar-refractivity contribution in [3.63, 3.8) is 0 Å². The standard InChI is InChI=1S/C8H18IN/c1-5-10(7-9)6-8(2,3)4/h5-7H2,1-4H3. The minimum Gasteiger partial charge on any atom is -0.294 e. The molecule has 0 saturated heterocycles. The lowest BCUT2D eigenvalue weighted by Crippen LogP contribution is -2.31. The number of halogens is 1. The quantitative estimate of drug-likeness (QED) is 0.426. The number of alkyl halides is 1. The first-order chi connectivity index (χ1) is 4.49. The van der Waals surface area contributed by atoms with Gasteiger partial charge in [0.25, 0.3) is 0 Å². The third kappa shape index (κ3) is 5.47. The Bertz CT molecular complexity index is 81.7. The predicted molar refractivity (Wildman–Crippen MR) is 55.6 cm³/mol. The van der Waals surface area contributed by atoms with Crippen LogP contribution in [0, 0.1) is 5.41 Å². The average Bonchev–Trinajstić information content (AvgIpc) is 1.81. The van der Waals surface area contributed by atoms with Gasteiger partial charge in [-0.05, 0) is 12.0 Å². The highest BCUT2D eigenvalue weighted by Gasteiger charge is 2.13. The van der Waals surface area contributed by atoms with Crippen LogP contribution in [0.4, 0.5) is 0 Å². The van der Waals surface area contributed by atoms with Crippen LogP contribution in [0.3, 0.4) is 0 Å². The molecule has 0 atom stereocenters. The van der Waals surface area contributed by atoms with Gasteiger partial charge in [0.05, 0.1) is 4.55 Å². The van der Waals surface area contributed by atoms with Crippen LogP contribution in [0.15, 0.2) is 0 Å². The van der Waals surface area contributed by atoms with Crippen molar-refractivity contribution in [2.45, 2.75) is 27.7 Å². The minimum absolute atomic E-state index is 0.446. The Morgan fingerprint density at radius 3 is 1.90 bits per heavy atom. The zero-order chi connectivity index (χ0) is 8.20. The van der Waals surface area contributed by atoms with Crippen LogP contribution >= 0.6 is 22.6 Å². The van der Waals surface area contributed by atoms with Crippen LogP contribution in [-0.4, -0.2) is 22.5 Å². The Balaban J connectivity index is 3.63. The molecule has 62 valence electrons. The monoisotopic (exact) mass is 255 g/mol. The van der Waals surface area contributed by atoms with Crippen molar-refractivity contribution in [2.75, 3.05) is 17.6 Å². The zero-order valence-corrected chi connectivity index (χ0v) is 9.60. The molecular weight excluding hydrogens is 237 g/mol. The predicted octanol–water partition coefficient (Wildman–Crippen LogP) is 2.75. The smallest absolute Gasteiger partial charge is 0.0505 e. The summed E-state index contributed by atoms with van der Waals surface area (Å²) in [6, 6.07) is 0. The first-order valence-corrected chi connectivity index (χ1v) is 5.30. The SMILES string of the molecule is CCN(CI)CC(C)(C)C. The van der Waals surface area contributed by atoms with Gasteiger partial charge in [-0.25, -0.2) is 0 Å². The van der Waals surface area contributed by atoms with Crippen LogP contribution in [0.25, 0.3) is 0 Å². The molecule has 10 heavy (non-hydrogen) atoms. The largest absolute Gasteiger partial charge is 0.294 e. The maximum Gasteiger partial charge on any atom is 0.0505 e. The van der Waals surface area contributed by atoms with E-state index in [9.17, 15) is 0 Å². The molecule has 2 heteroatoms. The van der Waals surface area contributed by atoms with E-state index in [1.165, 1.54) is 13.1 Å². The van der Waals surface area contributed by atoms with Gasteiger partial charge >= 0.3 is 0 Å². The Morgan fingerprint density at radius 1 is 1.30 bits per heavy atom. The maximum atomic E-state index is 2.44. The number of rotatable bonds is 3. The van der Waals surface area contributed by atoms with Crippen molar-refractivity contribution in [3.8, 4) is 0 Å². The highest BCUT2D eigenvalue weighted by molar-refractivity contribution is 14.1. The fraction of sp³-hybridized carbons (Fsp3) is 1.00. The van der Waals surface area contributed by atoms with Gasteiger partial charge in [0.15, 0.2) is 0 Å². The minimum atomic E-state index is 0.446. The molecule has 0 rings (SSSR count). The van der Waals surface area contributed by atoms with Gasteiger partial charge in [-0.2, -0.15) is 0 Å². The lowest BCUT2D eigenvalue weighted by molar-refractivity contribution is 0.232. The average molecular weight is 255 g/mol. The molecule has 1 nitrogen and oxygen atoms in total. The highest BCUT2D eigenvalue weighted by Crippen LogP contribution is 2.15. The molecule has 0 aromatic rings. The zero-order valence-electron chi connectivity index (χ0n) is 7.45. The first-order valence-electron chi connectivity index (χ1n) is 3.78. The summed E-state index contributed by atoms with van der Waals surface area (Å²) < 4.78 is 1.14. The Kier molecular flexibility index (Phi) is 4.86. The second-order valence-corrected chi connectivity index (χ2v) is 4.51. The van der Waals surface area contributed by atoms with Crippen molar-refractivity contribution in [1.29, 1.82) is 0 Å². The Morgan fingerprint density at radius 2 is 1.80 bits per heavy atom. The molecule has 0 bridgehead atoms. The van der Waals surface area contributed by atoms with Crippen molar-refractivity contribution < 1.29 is 0 Å². The second-order valence-electron chi connectivity index (χ2n) is 3.83. The Labute approximate surface area is 78.3 Å². The normalized spacial score (nSPS) is 12.6. The van der Waals surface area contributed by atoms with Crippen molar-refractivity contribution in [2.24, 2.45) is 5.41 Å². The molecule has 0 amide bonds. The van der Waals surface area contributed by atoms with Crippen LogP contribution in [0.1, 0.15) is 27.7 Å². The summed E-state index contributed by atoms with van der Waals surface area (Å²) >= 11 is 2.42. The van der Waals surface area contributed by atoms with Gasteiger partial charge in [-0.1, -0.05) is 50.3 Å². The summed E-state index contributed by atoms with van der Waals surface area (Å²) in [6.07, 6.45) is 0. The van der Waals surface area contributed by atoms with Crippen LogP contribution < -0.4 is 0 Å². The van der Waals surface area contributed by atoms with Crippen LogP contribution in [0.5, 0.6) is 0 Å². The summed E-state index contributed by atoms with van der Waals surface area (Å²) in [6.45, 7) is 11.4. The molecule has 0 aliphatic heterocycles. The van der Waals surface area contributed by atoms with Crippen molar-refractivity contribution in [1.82, 2.24) is 4.90 Å². The summed E-state index contributed by atoms with van der Waals surface area (Å²) in [7, 11) is 0. The molecule has 0 spiro atoms. The van der Waals surface area contributed by atoms with Gasteiger partial charge in [0.2, 0.25) is 0 Å². The van der Waals surface area contributed by atoms with E-state index >= 15 is 0 Å². The third-order valence-electron chi connectivity index (χ3n) is 1.31. The first kappa shape index (κ1) is 10.7. The lowest BCUT2D eigenvalue weighted by Gasteiger charge is -2.26. The number of hydrogen-bond donors (Lipinski definition) is 0. The van der Waals surface area contributed by atoms with E-state index < -0.39 is 0 Å². The van der Waals surface area contributed by atoms with E-state index in [1.807, 2.05) is 0 Å².